The summed E-state index contributed by atoms with van der Waals surface area (Å²) < 4.78 is 5.54. The summed E-state index contributed by atoms with van der Waals surface area (Å²) >= 11 is 0. The highest BCUT2D eigenvalue weighted by Gasteiger charge is 2.52. The lowest BCUT2D eigenvalue weighted by molar-refractivity contribution is 0.0758. The van der Waals surface area contributed by atoms with Crippen molar-refractivity contribution in [1.29, 1.82) is 0 Å². The Kier molecular flexibility index (Phi) is 3.26. The van der Waals surface area contributed by atoms with Crippen LogP contribution >= 0.6 is 0 Å². The number of rotatable bonds is 3. The normalized spacial score (nSPS) is 24.0. The largest absolute Gasteiger partial charge is 0.445 e. The van der Waals surface area contributed by atoms with E-state index in [-0.39, 0.29) is 11.9 Å². The third-order valence-electron chi connectivity index (χ3n) is 5.59. The van der Waals surface area contributed by atoms with E-state index in [9.17, 15) is 4.79 Å². The van der Waals surface area contributed by atoms with E-state index in [1.807, 2.05) is 43.3 Å². The van der Waals surface area contributed by atoms with Crippen molar-refractivity contribution in [3.05, 3.63) is 71.4 Å². The standard InChI is InChI=1S/C21H19N3O2/c1-12-6-7-17(23-11-12)15-10-16(15)19-18-13(20-22-8-9-26-20)4-3-5-14(18)21(25)24(19)2/h3-9,11,15-16,19H,10H2,1-2H3/t15-,16-,19?/m1/s1. The van der Waals surface area contributed by atoms with E-state index in [0.717, 1.165) is 34.4 Å². The molecule has 1 aromatic carbocycles. The van der Waals surface area contributed by atoms with E-state index in [2.05, 4.69) is 22.1 Å². The molecule has 3 aromatic rings. The first kappa shape index (κ1) is 15.3. The maximum absolute atomic E-state index is 12.8. The molecule has 0 saturated heterocycles. The Balaban J connectivity index is 1.56. The van der Waals surface area contributed by atoms with Crippen molar-refractivity contribution in [2.45, 2.75) is 25.3 Å². The molecule has 5 heteroatoms. The average Bonchev–Trinajstić information content (AvgIpc) is 3.13. The molecule has 1 saturated carbocycles. The number of hydrogen-bond acceptors (Lipinski definition) is 4. The molecule has 2 aromatic heterocycles. The van der Waals surface area contributed by atoms with Gasteiger partial charge in [0.15, 0.2) is 0 Å². The fourth-order valence-corrected chi connectivity index (χ4v) is 4.23. The van der Waals surface area contributed by atoms with E-state index >= 15 is 0 Å². The van der Waals surface area contributed by atoms with E-state index in [0.29, 0.717) is 17.7 Å². The van der Waals surface area contributed by atoms with Crippen LogP contribution in [-0.4, -0.2) is 27.8 Å². The minimum Gasteiger partial charge on any atom is -0.445 e. The minimum atomic E-state index is 0.0358. The van der Waals surface area contributed by atoms with Gasteiger partial charge in [-0.25, -0.2) is 4.98 Å². The molecule has 5 nitrogen and oxygen atoms in total. The SMILES string of the molecule is Cc1ccc([C@@H]2C[C@H]2C2c3c(cccc3-c3ncco3)C(=O)N2C)nc1. The van der Waals surface area contributed by atoms with Gasteiger partial charge in [-0.05, 0) is 43.0 Å². The molecular formula is C21H19N3O2. The molecule has 1 unspecified atom stereocenters. The van der Waals surface area contributed by atoms with E-state index in [4.69, 9.17) is 4.42 Å². The number of amides is 1. The van der Waals surface area contributed by atoms with Gasteiger partial charge in [0.05, 0.1) is 12.2 Å². The van der Waals surface area contributed by atoms with Crippen molar-refractivity contribution in [2.24, 2.45) is 5.92 Å². The summed E-state index contributed by atoms with van der Waals surface area (Å²) in [5, 5.41) is 0. The molecular weight excluding hydrogens is 326 g/mol. The van der Waals surface area contributed by atoms with Gasteiger partial charge in [-0.15, -0.1) is 0 Å². The second kappa shape index (κ2) is 5.53. The maximum Gasteiger partial charge on any atom is 0.254 e. The first-order valence-corrected chi connectivity index (χ1v) is 8.87. The Labute approximate surface area is 151 Å². The predicted octanol–water partition coefficient (Wildman–Crippen LogP) is 3.98. The summed E-state index contributed by atoms with van der Waals surface area (Å²) in [7, 11) is 1.89. The Morgan fingerprint density at radius 3 is 2.73 bits per heavy atom. The lowest BCUT2D eigenvalue weighted by atomic mass is 9.94. The average molecular weight is 345 g/mol. The highest BCUT2D eigenvalue weighted by molar-refractivity contribution is 6.01. The van der Waals surface area contributed by atoms with Crippen LogP contribution in [0.3, 0.4) is 0 Å². The maximum atomic E-state index is 12.8. The molecule has 5 rings (SSSR count). The fraction of sp³-hybridized carbons (Fsp3) is 0.286. The summed E-state index contributed by atoms with van der Waals surface area (Å²) in [5.74, 6) is 1.40. The summed E-state index contributed by atoms with van der Waals surface area (Å²) in [6, 6.07) is 10.0. The zero-order valence-electron chi connectivity index (χ0n) is 14.7. The summed E-state index contributed by atoms with van der Waals surface area (Å²) in [5.41, 5.74) is 5.00. The summed E-state index contributed by atoms with van der Waals surface area (Å²) in [4.78, 5) is 23.6. The van der Waals surface area contributed by atoms with Crippen molar-refractivity contribution >= 4 is 5.91 Å². The summed E-state index contributed by atoms with van der Waals surface area (Å²) in [6.45, 7) is 2.05. The van der Waals surface area contributed by atoms with Crippen LogP contribution in [0.25, 0.3) is 11.5 Å². The Bertz CT molecular complexity index is 979. The molecule has 0 N–H and O–H groups in total. The van der Waals surface area contributed by atoms with Gasteiger partial charge in [-0.3, -0.25) is 9.78 Å². The molecule has 0 spiro atoms. The monoisotopic (exact) mass is 345 g/mol. The number of oxazole rings is 1. The Morgan fingerprint density at radius 2 is 2.00 bits per heavy atom. The second-order valence-corrected chi connectivity index (χ2v) is 7.23. The fourth-order valence-electron chi connectivity index (χ4n) is 4.23. The van der Waals surface area contributed by atoms with Crippen LogP contribution in [0, 0.1) is 12.8 Å². The second-order valence-electron chi connectivity index (χ2n) is 7.23. The summed E-state index contributed by atoms with van der Waals surface area (Å²) in [6.07, 6.45) is 6.17. The molecule has 3 heterocycles. The quantitative estimate of drug-likeness (QED) is 0.720. The van der Waals surface area contributed by atoms with E-state index in [1.54, 1.807) is 12.5 Å². The van der Waals surface area contributed by atoms with Crippen LogP contribution in [0.4, 0.5) is 0 Å². The van der Waals surface area contributed by atoms with Gasteiger partial charge in [0.2, 0.25) is 5.89 Å². The van der Waals surface area contributed by atoms with Crippen LogP contribution in [0.5, 0.6) is 0 Å². The third-order valence-corrected chi connectivity index (χ3v) is 5.59. The predicted molar refractivity (Wildman–Crippen MR) is 96.6 cm³/mol. The number of hydrogen-bond donors (Lipinski definition) is 0. The van der Waals surface area contributed by atoms with Crippen molar-refractivity contribution < 1.29 is 9.21 Å². The first-order chi connectivity index (χ1) is 12.6. The smallest absolute Gasteiger partial charge is 0.254 e. The number of pyridine rings is 1. The Hall–Kier alpha value is -2.95. The number of carbonyl (C=O) groups excluding carboxylic acids is 1. The molecule has 1 fully saturated rings. The molecule has 2 aliphatic rings. The number of nitrogens with zero attached hydrogens (tertiary/aromatic N) is 3. The number of aryl methyl sites for hydroxylation is 1. The van der Waals surface area contributed by atoms with Gasteiger partial charge in [0.1, 0.15) is 6.26 Å². The van der Waals surface area contributed by atoms with Crippen molar-refractivity contribution in [1.82, 2.24) is 14.9 Å². The van der Waals surface area contributed by atoms with Gasteiger partial charge < -0.3 is 9.32 Å². The number of benzene rings is 1. The molecule has 1 aliphatic heterocycles. The zero-order valence-corrected chi connectivity index (χ0v) is 14.7. The molecule has 130 valence electrons. The van der Waals surface area contributed by atoms with Crippen LogP contribution < -0.4 is 0 Å². The molecule has 3 atom stereocenters. The van der Waals surface area contributed by atoms with Crippen LogP contribution in [0.15, 0.2) is 53.4 Å². The minimum absolute atomic E-state index is 0.0358. The number of aromatic nitrogens is 2. The van der Waals surface area contributed by atoms with Crippen molar-refractivity contribution in [3.8, 4) is 11.5 Å². The van der Waals surface area contributed by atoms with Crippen LogP contribution in [-0.2, 0) is 0 Å². The highest BCUT2D eigenvalue weighted by Crippen LogP contribution is 2.58. The zero-order chi connectivity index (χ0) is 17.8. The molecule has 0 radical (unpaired) electrons. The lowest BCUT2D eigenvalue weighted by Crippen LogP contribution is -2.24. The highest BCUT2D eigenvalue weighted by atomic mass is 16.3. The first-order valence-electron chi connectivity index (χ1n) is 8.87. The van der Waals surface area contributed by atoms with E-state index in [1.165, 1.54) is 0 Å². The molecule has 26 heavy (non-hydrogen) atoms. The van der Waals surface area contributed by atoms with Gasteiger partial charge in [-0.1, -0.05) is 12.1 Å². The van der Waals surface area contributed by atoms with Gasteiger partial charge in [0, 0.05) is 41.5 Å². The number of fused-ring (bicyclic) bond motifs is 1. The van der Waals surface area contributed by atoms with Crippen molar-refractivity contribution in [2.75, 3.05) is 7.05 Å². The van der Waals surface area contributed by atoms with Crippen LogP contribution in [0.1, 0.15) is 45.6 Å². The van der Waals surface area contributed by atoms with E-state index < -0.39 is 0 Å². The number of carbonyl (C=O) groups is 1. The third kappa shape index (κ3) is 2.20. The van der Waals surface area contributed by atoms with Gasteiger partial charge >= 0.3 is 0 Å². The topological polar surface area (TPSA) is 59.2 Å². The van der Waals surface area contributed by atoms with Gasteiger partial charge in [0.25, 0.3) is 5.91 Å². The van der Waals surface area contributed by atoms with Crippen molar-refractivity contribution in [3.63, 3.8) is 0 Å². The van der Waals surface area contributed by atoms with Crippen LogP contribution in [0.2, 0.25) is 0 Å². The molecule has 1 aliphatic carbocycles. The van der Waals surface area contributed by atoms with Gasteiger partial charge in [-0.2, -0.15) is 0 Å². The molecule has 0 bridgehead atoms. The Morgan fingerprint density at radius 1 is 1.15 bits per heavy atom. The lowest BCUT2D eigenvalue weighted by Gasteiger charge is -2.22. The molecule has 1 amide bonds.